The van der Waals surface area contributed by atoms with Crippen LogP contribution in [0.15, 0.2) is 24.3 Å². The third-order valence-corrected chi connectivity index (χ3v) is 3.16. The summed E-state index contributed by atoms with van der Waals surface area (Å²) in [5, 5.41) is 2.78. The first-order valence-corrected chi connectivity index (χ1v) is 6.78. The SMILES string of the molecule is COc1ccc(NC(=O)CSCCC(C)=O)cc1. The number of hydrogen-bond acceptors (Lipinski definition) is 4. The number of carbonyl (C=O) groups excluding carboxylic acids is 2. The second kappa shape index (κ2) is 7.76. The highest BCUT2D eigenvalue weighted by Crippen LogP contribution is 2.15. The second-order valence-electron chi connectivity index (χ2n) is 3.78. The van der Waals surface area contributed by atoms with Crippen LogP contribution in [0.4, 0.5) is 5.69 Å². The van der Waals surface area contributed by atoms with Crippen LogP contribution >= 0.6 is 11.8 Å². The number of hydrogen-bond donors (Lipinski definition) is 1. The van der Waals surface area contributed by atoms with Crippen LogP contribution in [0.5, 0.6) is 5.75 Å². The fraction of sp³-hybridized carbons (Fsp3) is 0.385. The lowest BCUT2D eigenvalue weighted by Crippen LogP contribution is -2.14. The van der Waals surface area contributed by atoms with Crippen molar-refractivity contribution in [3.8, 4) is 5.75 Å². The average Bonchev–Trinajstić information content (AvgIpc) is 2.35. The summed E-state index contributed by atoms with van der Waals surface area (Å²) in [5.41, 5.74) is 0.743. The first-order valence-electron chi connectivity index (χ1n) is 5.63. The van der Waals surface area contributed by atoms with Gasteiger partial charge in [-0.1, -0.05) is 0 Å². The van der Waals surface area contributed by atoms with Gasteiger partial charge in [0.1, 0.15) is 11.5 Å². The van der Waals surface area contributed by atoms with Crippen LogP contribution in [-0.4, -0.2) is 30.3 Å². The van der Waals surface area contributed by atoms with Crippen molar-refractivity contribution in [2.45, 2.75) is 13.3 Å². The fourth-order valence-electron chi connectivity index (χ4n) is 1.25. The number of Topliss-reactive ketones (excluding diaryl/α,β-unsaturated/α-hetero) is 1. The molecule has 1 aromatic carbocycles. The van der Waals surface area contributed by atoms with E-state index < -0.39 is 0 Å². The van der Waals surface area contributed by atoms with Gasteiger partial charge in [0.25, 0.3) is 0 Å². The molecule has 0 saturated heterocycles. The molecule has 18 heavy (non-hydrogen) atoms. The molecule has 0 heterocycles. The van der Waals surface area contributed by atoms with Crippen molar-refractivity contribution in [3.05, 3.63) is 24.3 Å². The van der Waals surface area contributed by atoms with E-state index in [1.54, 1.807) is 38.3 Å². The first-order chi connectivity index (χ1) is 8.61. The molecule has 0 unspecified atom stereocenters. The first kappa shape index (κ1) is 14.6. The number of methoxy groups -OCH3 is 1. The highest BCUT2D eigenvalue weighted by atomic mass is 32.2. The van der Waals surface area contributed by atoms with Crippen molar-refractivity contribution in [1.29, 1.82) is 0 Å². The Morgan fingerprint density at radius 3 is 2.50 bits per heavy atom. The number of ether oxygens (including phenoxy) is 1. The molecule has 0 aliphatic rings. The lowest BCUT2D eigenvalue weighted by atomic mass is 10.3. The van der Waals surface area contributed by atoms with Gasteiger partial charge in [-0.05, 0) is 31.2 Å². The van der Waals surface area contributed by atoms with Crippen LogP contribution in [0, 0.1) is 0 Å². The van der Waals surface area contributed by atoms with Gasteiger partial charge in [-0.15, -0.1) is 0 Å². The predicted molar refractivity (Wildman–Crippen MR) is 74.2 cm³/mol. The fourth-order valence-corrected chi connectivity index (χ4v) is 2.09. The average molecular weight is 267 g/mol. The lowest BCUT2D eigenvalue weighted by Gasteiger charge is -2.05. The van der Waals surface area contributed by atoms with E-state index in [2.05, 4.69) is 5.32 Å². The molecule has 0 bridgehead atoms. The summed E-state index contributed by atoms with van der Waals surface area (Å²) in [7, 11) is 1.60. The van der Waals surface area contributed by atoms with Gasteiger partial charge in [0.05, 0.1) is 12.9 Å². The van der Waals surface area contributed by atoms with Gasteiger partial charge in [0, 0.05) is 17.9 Å². The van der Waals surface area contributed by atoms with E-state index in [1.807, 2.05) is 0 Å². The molecule has 0 saturated carbocycles. The van der Waals surface area contributed by atoms with Gasteiger partial charge in [0.15, 0.2) is 0 Å². The zero-order valence-electron chi connectivity index (χ0n) is 10.6. The minimum atomic E-state index is -0.0614. The van der Waals surface area contributed by atoms with Crippen LogP contribution in [0.2, 0.25) is 0 Å². The van der Waals surface area contributed by atoms with Crippen LogP contribution < -0.4 is 10.1 Å². The van der Waals surface area contributed by atoms with Crippen LogP contribution in [-0.2, 0) is 9.59 Å². The van der Waals surface area contributed by atoms with Crippen LogP contribution in [0.1, 0.15) is 13.3 Å². The third kappa shape index (κ3) is 5.72. The molecule has 0 radical (unpaired) electrons. The highest BCUT2D eigenvalue weighted by molar-refractivity contribution is 7.99. The molecule has 98 valence electrons. The summed E-state index contributed by atoms with van der Waals surface area (Å²) < 4.78 is 5.03. The molecule has 0 aliphatic heterocycles. The zero-order valence-corrected chi connectivity index (χ0v) is 11.4. The topological polar surface area (TPSA) is 55.4 Å². The van der Waals surface area contributed by atoms with Crippen molar-refractivity contribution in [2.75, 3.05) is 23.9 Å². The van der Waals surface area contributed by atoms with E-state index in [1.165, 1.54) is 11.8 Å². The van der Waals surface area contributed by atoms with Gasteiger partial charge in [-0.3, -0.25) is 9.59 Å². The number of rotatable bonds is 7. The minimum absolute atomic E-state index is 0.0614. The number of carbonyl (C=O) groups is 2. The monoisotopic (exact) mass is 267 g/mol. The number of ketones is 1. The van der Waals surface area contributed by atoms with Gasteiger partial charge in [-0.25, -0.2) is 0 Å². The number of benzene rings is 1. The second-order valence-corrected chi connectivity index (χ2v) is 4.89. The van der Waals surface area contributed by atoms with Crippen molar-refractivity contribution in [2.24, 2.45) is 0 Å². The third-order valence-electron chi connectivity index (χ3n) is 2.21. The van der Waals surface area contributed by atoms with E-state index in [0.717, 1.165) is 11.4 Å². The molecule has 1 N–H and O–H groups in total. The molecule has 0 fully saturated rings. The zero-order chi connectivity index (χ0) is 13.4. The standard InChI is InChI=1S/C13H17NO3S/c1-10(15)7-8-18-9-13(16)14-11-3-5-12(17-2)6-4-11/h3-6H,7-9H2,1-2H3,(H,14,16). The Morgan fingerprint density at radius 1 is 1.28 bits per heavy atom. The summed E-state index contributed by atoms with van der Waals surface area (Å²) >= 11 is 1.46. The predicted octanol–water partition coefficient (Wildman–Crippen LogP) is 2.35. The maximum absolute atomic E-state index is 11.6. The Labute approximate surface area is 111 Å². The Bertz CT molecular complexity index is 403. The summed E-state index contributed by atoms with van der Waals surface area (Å²) in [6.07, 6.45) is 0.514. The Balaban J connectivity index is 2.28. The molecule has 0 aromatic heterocycles. The number of thioether (sulfide) groups is 1. The van der Waals surface area contributed by atoms with Crippen LogP contribution in [0.3, 0.4) is 0 Å². The maximum atomic E-state index is 11.6. The molecule has 1 rings (SSSR count). The van der Waals surface area contributed by atoms with Gasteiger partial charge >= 0.3 is 0 Å². The van der Waals surface area contributed by atoms with Crippen LogP contribution in [0.25, 0.3) is 0 Å². The molecule has 0 spiro atoms. The smallest absolute Gasteiger partial charge is 0.234 e. The summed E-state index contributed by atoms with van der Waals surface area (Å²) in [5.74, 6) is 1.89. The summed E-state index contributed by atoms with van der Waals surface area (Å²) in [6.45, 7) is 1.55. The number of amides is 1. The Hall–Kier alpha value is -1.49. The molecular formula is C13H17NO3S. The molecule has 0 aliphatic carbocycles. The van der Waals surface area contributed by atoms with E-state index in [9.17, 15) is 9.59 Å². The van der Waals surface area contributed by atoms with Gasteiger partial charge in [-0.2, -0.15) is 11.8 Å². The van der Waals surface area contributed by atoms with E-state index >= 15 is 0 Å². The lowest BCUT2D eigenvalue weighted by molar-refractivity contribution is -0.116. The summed E-state index contributed by atoms with van der Waals surface area (Å²) in [4.78, 5) is 22.3. The molecule has 1 amide bonds. The van der Waals surface area contributed by atoms with E-state index in [4.69, 9.17) is 4.74 Å². The van der Waals surface area contributed by atoms with Crippen molar-refractivity contribution >= 4 is 29.1 Å². The Kier molecular flexibility index (Phi) is 6.28. The number of nitrogens with one attached hydrogen (secondary N) is 1. The molecule has 0 atom stereocenters. The molecular weight excluding hydrogens is 250 g/mol. The van der Waals surface area contributed by atoms with E-state index in [-0.39, 0.29) is 11.7 Å². The minimum Gasteiger partial charge on any atom is -0.497 e. The van der Waals surface area contributed by atoms with Gasteiger partial charge in [0.2, 0.25) is 5.91 Å². The normalized spacial score (nSPS) is 9.89. The van der Waals surface area contributed by atoms with Crippen molar-refractivity contribution < 1.29 is 14.3 Å². The number of anilines is 1. The van der Waals surface area contributed by atoms with Gasteiger partial charge < -0.3 is 10.1 Å². The Morgan fingerprint density at radius 2 is 1.94 bits per heavy atom. The molecule has 4 nitrogen and oxygen atoms in total. The maximum Gasteiger partial charge on any atom is 0.234 e. The quantitative estimate of drug-likeness (QED) is 0.770. The largest absolute Gasteiger partial charge is 0.497 e. The van der Waals surface area contributed by atoms with Crippen molar-refractivity contribution in [1.82, 2.24) is 0 Å². The molecule has 5 heteroatoms. The van der Waals surface area contributed by atoms with E-state index in [0.29, 0.717) is 17.9 Å². The van der Waals surface area contributed by atoms with Crippen molar-refractivity contribution in [3.63, 3.8) is 0 Å². The summed E-state index contributed by atoms with van der Waals surface area (Å²) in [6, 6.07) is 7.16. The highest BCUT2D eigenvalue weighted by Gasteiger charge is 2.03. The molecule has 1 aromatic rings.